The molecule has 0 aliphatic carbocycles. The molecule has 1 unspecified atom stereocenters. The zero-order valence-corrected chi connectivity index (χ0v) is 17.5. The molecule has 1 amide bonds. The number of aryl methyl sites for hydroxylation is 1. The van der Waals surface area contributed by atoms with Crippen LogP contribution < -0.4 is 14.8 Å². The molecule has 6 nitrogen and oxygen atoms in total. The summed E-state index contributed by atoms with van der Waals surface area (Å²) in [5.74, 6) is 1.28. The van der Waals surface area contributed by atoms with Crippen molar-refractivity contribution in [1.29, 1.82) is 0 Å². The van der Waals surface area contributed by atoms with E-state index in [1.807, 2.05) is 52.3 Å². The molecule has 154 valence electrons. The fourth-order valence-electron chi connectivity index (χ4n) is 3.42. The molecule has 1 N–H and O–H groups in total. The van der Waals surface area contributed by atoms with Gasteiger partial charge in [-0.1, -0.05) is 18.2 Å². The zero-order valence-electron chi connectivity index (χ0n) is 17.5. The highest BCUT2D eigenvalue weighted by Crippen LogP contribution is 2.28. The lowest BCUT2D eigenvalue weighted by molar-refractivity contribution is -0.123. The summed E-state index contributed by atoms with van der Waals surface area (Å²) in [6.45, 7) is 3.04. The number of ether oxygens (including phenoxy) is 2. The van der Waals surface area contributed by atoms with E-state index in [1.54, 1.807) is 12.1 Å². The Hall–Kier alpha value is -2.99. The highest BCUT2D eigenvalue weighted by Gasteiger charge is 2.20. The second-order valence-electron chi connectivity index (χ2n) is 7.19. The van der Waals surface area contributed by atoms with Crippen molar-refractivity contribution in [3.05, 3.63) is 60.3 Å². The maximum absolute atomic E-state index is 12.3. The fraction of sp³-hybridized carbons (Fsp3) is 0.348. The number of carbonyl (C=O) groups is 1. The summed E-state index contributed by atoms with van der Waals surface area (Å²) >= 11 is 0. The molecule has 1 aromatic heterocycles. The summed E-state index contributed by atoms with van der Waals surface area (Å²) in [5, 5.41) is 4.20. The van der Waals surface area contributed by atoms with Crippen molar-refractivity contribution in [2.45, 2.75) is 13.0 Å². The topological polar surface area (TPSA) is 55.7 Å². The Bertz CT molecular complexity index is 948. The summed E-state index contributed by atoms with van der Waals surface area (Å²) in [4.78, 5) is 14.4. The van der Waals surface area contributed by atoms with E-state index < -0.39 is 0 Å². The van der Waals surface area contributed by atoms with E-state index in [-0.39, 0.29) is 18.6 Å². The Kier molecular flexibility index (Phi) is 6.77. The van der Waals surface area contributed by atoms with Gasteiger partial charge in [-0.2, -0.15) is 0 Å². The summed E-state index contributed by atoms with van der Waals surface area (Å²) in [6.07, 6.45) is 2.14. The summed E-state index contributed by atoms with van der Waals surface area (Å²) in [6, 6.07) is 15.6. The molecule has 29 heavy (non-hydrogen) atoms. The van der Waals surface area contributed by atoms with E-state index in [0.29, 0.717) is 18.9 Å². The summed E-state index contributed by atoms with van der Waals surface area (Å²) in [7, 11) is 6.09. The molecule has 0 radical (unpaired) electrons. The van der Waals surface area contributed by atoms with E-state index in [1.165, 1.54) is 16.5 Å². The van der Waals surface area contributed by atoms with Crippen molar-refractivity contribution in [2.24, 2.45) is 7.05 Å². The van der Waals surface area contributed by atoms with Crippen LogP contribution in [0.2, 0.25) is 0 Å². The maximum atomic E-state index is 12.3. The van der Waals surface area contributed by atoms with Crippen molar-refractivity contribution in [3.63, 3.8) is 0 Å². The number of fused-ring (bicyclic) bond motifs is 1. The van der Waals surface area contributed by atoms with Crippen molar-refractivity contribution >= 4 is 16.8 Å². The highest BCUT2D eigenvalue weighted by atomic mass is 16.5. The number of hydrogen-bond acceptors (Lipinski definition) is 4. The Labute approximate surface area is 172 Å². The van der Waals surface area contributed by atoms with Crippen molar-refractivity contribution in [1.82, 2.24) is 14.8 Å². The van der Waals surface area contributed by atoms with Gasteiger partial charge in [-0.15, -0.1) is 0 Å². The van der Waals surface area contributed by atoms with Gasteiger partial charge in [-0.05, 0) is 56.9 Å². The van der Waals surface area contributed by atoms with Gasteiger partial charge in [-0.3, -0.25) is 4.79 Å². The molecule has 0 bridgehead atoms. The molecule has 0 saturated carbocycles. The van der Waals surface area contributed by atoms with Crippen LogP contribution in [0.3, 0.4) is 0 Å². The van der Waals surface area contributed by atoms with Crippen LogP contribution in [0.4, 0.5) is 0 Å². The Balaban J connectivity index is 1.59. The van der Waals surface area contributed by atoms with Crippen molar-refractivity contribution in [3.8, 4) is 11.5 Å². The van der Waals surface area contributed by atoms with Crippen LogP contribution in [0.1, 0.15) is 18.5 Å². The van der Waals surface area contributed by atoms with Gasteiger partial charge in [-0.25, -0.2) is 0 Å². The number of benzene rings is 2. The van der Waals surface area contributed by atoms with E-state index in [2.05, 4.69) is 33.1 Å². The highest BCUT2D eigenvalue weighted by molar-refractivity contribution is 5.84. The first-order valence-electron chi connectivity index (χ1n) is 9.82. The number of rotatable bonds is 9. The lowest BCUT2D eigenvalue weighted by atomic mass is 10.0. The predicted octanol–water partition coefficient (Wildman–Crippen LogP) is 3.37. The summed E-state index contributed by atoms with van der Waals surface area (Å²) < 4.78 is 13.1. The average molecular weight is 396 g/mol. The molecule has 0 spiro atoms. The molecule has 1 atom stereocenters. The first-order valence-corrected chi connectivity index (χ1v) is 9.82. The number of nitrogens with zero attached hydrogens (tertiary/aromatic N) is 2. The van der Waals surface area contributed by atoms with Gasteiger partial charge in [0.15, 0.2) is 6.61 Å². The molecule has 0 saturated heterocycles. The van der Waals surface area contributed by atoms with Crippen LogP contribution in [0, 0.1) is 0 Å². The van der Waals surface area contributed by atoms with Crippen LogP contribution in [-0.4, -0.2) is 49.2 Å². The normalized spacial score (nSPS) is 12.2. The molecule has 0 aliphatic heterocycles. The number of likely N-dealkylation sites (N-methyl/N-ethyl adjacent to an activating group) is 1. The maximum Gasteiger partial charge on any atom is 0.258 e. The minimum Gasteiger partial charge on any atom is -0.494 e. The Morgan fingerprint density at radius 2 is 1.72 bits per heavy atom. The Morgan fingerprint density at radius 3 is 2.38 bits per heavy atom. The molecule has 3 aromatic rings. The largest absolute Gasteiger partial charge is 0.494 e. The number of hydrogen-bond donors (Lipinski definition) is 1. The van der Waals surface area contributed by atoms with Crippen LogP contribution in [-0.2, 0) is 11.8 Å². The van der Waals surface area contributed by atoms with Crippen molar-refractivity contribution in [2.75, 3.05) is 33.9 Å². The molecular formula is C23H29N3O3. The van der Waals surface area contributed by atoms with E-state index in [0.717, 1.165) is 5.75 Å². The third-order valence-corrected chi connectivity index (χ3v) is 4.91. The van der Waals surface area contributed by atoms with Crippen LogP contribution in [0.15, 0.2) is 54.7 Å². The first kappa shape index (κ1) is 20.7. The smallest absolute Gasteiger partial charge is 0.258 e. The molecule has 1 heterocycles. The van der Waals surface area contributed by atoms with Crippen LogP contribution in [0.25, 0.3) is 10.9 Å². The van der Waals surface area contributed by atoms with Crippen LogP contribution >= 0.6 is 0 Å². The second-order valence-corrected chi connectivity index (χ2v) is 7.19. The fourth-order valence-corrected chi connectivity index (χ4v) is 3.42. The molecule has 0 fully saturated rings. The molecular weight excluding hydrogens is 366 g/mol. The zero-order chi connectivity index (χ0) is 20.8. The Morgan fingerprint density at radius 1 is 1.07 bits per heavy atom. The SMILES string of the molecule is CCOc1ccc(OCC(=O)NCC(c2cn(C)c3ccccc23)N(C)C)cc1. The van der Waals surface area contributed by atoms with E-state index in [4.69, 9.17) is 9.47 Å². The molecule has 0 aliphatic rings. The lowest BCUT2D eigenvalue weighted by Crippen LogP contribution is -2.36. The average Bonchev–Trinajstić information content (AvgIpc) is 3.04. The van der Waals surface area contributed by atoms with Gasteiger partial charge < -0.3 is 24.3 Å². The predicted molar refractivity (Wildman–Crippen MR) is 115 cm³/mol. The molecule has 2 aromatic carbocycles. The van der Waals surface area contributed by atoms with Gasteiger partial charge in [0.05, 0.1) is 12.6 Å². The molecule has 6 heteroatoms. The quantitative estimate of drug-likeness (QED) is 0.604. The van der Waals surface area contributed by atoms with Gasteiger partial charge in [0.2, 0.25) is 0 Å². The number of nitrogens with one attached hydrogen (secondary N) is 1. The number of aromatic nitrogens is 1. The minimum atomic E-state index is -0.147. The number of para-hydroxylation sites is 1. The van der Waals surface area contributed by atoms with Crippen molar-refractivity contribution < 1.29 is 14.3 Å². The van der Waals surface area contributed by atoms with Crippen LogP contribution in [0.5, 0.6) is 11.5 Å². The van der Waals surface area contributed by atoms with Gasteiger partial charge in [0.1, 0.15) is 11.5 Å². The lowest BCUT2D eigenvalue weighted by Gasteiger charge is -2.24. The first-order chi connectivity index (χ1) is 14.0. The van der Waals surface area contributed by atoms with Gasteiger partial charge in [0.25, 0.3) is 5.91 Å². The third-order valence-electron chi connectivity index (χ3n) is 4.91. The van der Waals surface area contributed by atoms with Gasteiger partial charge >= 0.3 is 0 Å². The third kappa shape index (κ3) is 5.09. The minimum absolute atomic E-state index is 0.0241. The van der Waals surface area contributed by atoms with E-state index in [9.17, 15) is 4.79 Å². The number of amides is 1. The monoisotopic (exact) mass is 395 g/mol. The second kappa shape index (κ2) is 9.47. The van der Waals surface area contributed by atoms with E-state index >= 15 is 0 Å². The molecule has 3 rings (SSSR count). The summed E-state index contributed by atoms with van der Waals surface area (Å²) in [5.41, 5.74) is 2.38. The van der Waals surface area contributed by atoms with Gasteiger partial charge in [0, 0.05) is 30.7 Å². The number of carbonyl (C=O) groups excluding carboxylic acids is 1. The standard InChI is InChI=1S/C23H29N3O3/c1-5-28-17-10-12-18(13-11-17)29-16-23(27)24-14-22(25(2)3)20-15-26(4)21-9-7-6-8-19(20)21/h6-13,15,22H,5,14,16H2,1-4H3,(H,24,27).